The van der Waals surface area contributed by atoms with Crippen LogP contribution in [0, 0.1) is 5.21 Å². The predicted octanol–water partition coefficient (Wildman–Crippen LogP) is -0.695. The van der Waals surface area contributed by atoms with Crippen LogP contribution >= 0.6 is 0 Å². The monoisotopic (exact) mass is 190 g/mol. The van der Waals surface area contributed by atoms with Gasteiger partial charge in [0.15, 0.2) is 0 Å². The van der Waals surface area contributed by atoms with E-state index < -0.39 is 0 Å². The highest BCUT2D eigenvalue weighted by Crippen LogP contribution is 1.93. The highest BCUT2D eigenvalue weighted by Gasteiger charge is 2.15. The Balaban J connectivity index is 2.27. The van der Waals surface area contributed by atoms with Gasteiger partial charge in [0.2, 0.25) is 12.1 Å². The number of hydrazine groups is 1. The topological polar surface area (TPSA) is 72.2 Å². The lowest BCUT2D eigenvalue weighted by Gasteiger charge is -2.22. The van der Waals surface area contributed by atoms with Crippen LogP contribution in [0.4, 0.5) is 0 Å². The maximum Gasteiger partial charge on any atom is 0.235 e. The van der Waals surface area contributed by atoms with Gasteiger partial charge in [-0.1, -0.05) is 0 Å². The van der Waals surface area contributed by atoms with Crippen molar-refractivity contribution >= 4 is 0 Å². The Morgan fingerprint density at radius 3 is 2.85 bits per heavy atom. The van der Waals surface area contributed by atoms with E-state index in [-0.39, 0.29) is 6.79 Å². The third-order valence-corrected chi connectivity index (χ3v) is 1.63. The minimum Gasteiger partial charge on any atom is -0.569 e. The normalized spacial score (nSPS) is 18.8. The van der Waals surface area contributed by atoms with Crippen LogP contribution in [0.15, 0.2) is 5.28 Å². The molecule has 0 aromatic rings. The van der Waals surface area contributed by atoms with Gasteiger partial charge in [-0.25, -0.2) is 0 Å². The molecular weight excluding hydrogens is 176 g/mol. The summed E-state index contributed by atoms with van der Waals surface area (Å²) >= 11 is 0. The van der Waals surface area contributed by atoms with Crippen molar-refractivity contribution in [3.8, 4) is 0 Å². The molecule has 0 radical (unpaired) electrons. The molecule has 1 N–H and O–H groups in total. The van der Waals surface area contributed by atoms with Gasteiger partial charge >= 0.3 is 0 Å². The second-order valence-electron chi connectivity index (χ2n) is 2.57. The van der Waals surface area contributed by atoms with Crippen LogP contribution < -0.4 is 5.32 Å². The standard InChI is InChI=1S/C6H14N4O3/c1-12-6-13-8-10(11)9-4-2-7-3-5-9/h7H,2-6H2,1H3. The van der Waals surface area contributed by atoms with Gasteiger partial charge < -0.3 is 20.1 Å². The summed E-state index contributed by atoms with van der Waals surface area (Å²) in [5.41, 5.74) is 0. The molecule has 7 nitrogen and oxygen atoms in total. The van der Waals surface area contributed by atoms with E-state index in [4.69, 9.17) is 0 Å². The Bertz CT molecular complexity index is 169. The maximum absolute atomic E-state index is 11.1. The summed E-state index contributed by atoms with van der Waals surface area (Å²) in [6, 6.07) is 0. The molecule has 0 aromatic heterocycles. The zero-order valence-electron chi connectivity index (χ0n) is 7.60. The molecule has 1 aliphatic heterocycles. The van der Waals surface area contributed by atoms with Gasteiger partial charge in [-0.2, -0.15) is 0 Å². The number of ether oxygens (including phenoxy) is 1. The van der Waals surface area contributed by atoms with E-state index in [0.29, 0.717) is 18.1 Å². The molecule has 0 saturated carbocycles. The largest absolute Gasteiger partial charge is 0.569 e. The zero-order chi connectivity index (χ0) is 9.52. The number of nitrogens with one attached hydrogen (secondary N) is 1. The molecule has 0 aliphatic carbocycles. The highest BCUT2D eigenvalue weighted by atomic mass is 16.8. The van der Waals surface area contributed by atoms with Crippen LogP contribution in [0.3, 0.4) is 0 Å². The highest BCUT2D eigenvalue weighted by molar-refractivity contribution is 4.58. The fourth-order valence-corrected chi connectivity index (χ4v) is 1.00. The van der Waals surface area contributed by atoms with Gasteiger partial charge in [0.1, 0.15) is 0 Å². The van der Waals surface area contributed by atoms with E-state index in [1.807, 2.05) is 0 Å². The van der Waals surface area contributed by atoms with E-state index in [0.717, 1.165) is 13.1 Å². The lowest BCUT2D eigenvalue weighted by atomic mass is 10.4. The minimum absolute atomic E-state index is 0.00910. The second kappa shape index (κ2) is 5.55. The quantitative estimate of drug-likeness (QED) is 0.209. The third kappa shape index (κ3) is 3.43. The fraction of sp³-hybridized carbons (Fsp3) is 1.00. The van der Waals surface area contributed by atoms with Crippen molar-refractivity contribution in [3.63, 3.8) is 0 Å². The minimum atomic E-state index is -0.00910. The molecule has 0 bridgehead atoms. The van der Waals surface area contributed by atoms with Crippen molar-refractivity contribution in [1.29, 1.82) is 0 Å². The Labute approximate surface area is 76.4 Å². The van der Waals surface area contributed by atoms with Gasteiger partial charge in [0, 0.05) is 20.2 Å². The number of piperazine rings is 1. The van der Waals surface area contributed by atoms with Crippen LogP contribution in [-0.4, -0.2) is 50.1 Å². The van der Waals surface area contributed by atoms with E-state index in [2.05, 4.69) is 20.2 Å². The van der Waals surface area contributed by atoms with Crippen molar-refractivity contribution in [3.05, 3.63) is 5.21 Å². The van der Waals surface area contributed by atoms with Crippen molar-refractivity contribution in [2.24, 2.45) is 5.28 Å². The Morgan fingerprint density at radius 1 is 1.54 bits per heavy atom. The SMILES string of the molecule is COCON=[N+]([O-])N1CCNCC1. The van der Waals surface area contributed by atoms with Crippen molar-refractivity contribution < 1.29 is 14.5 Å². The molecule has 0 unspecified atom stereocenters. The smallest absolute Gasteiger partial charge is 0.235 e. The van der Waals surface area contributed by atoms with Crippen LogP contribution in [-0.2, 0) is 9.57 Å². The molecule has 76 valence electrons. The summed E-state index contributed by atoms with van der Waals surface area (Å²) in [7, 11) is 1.47. The van der Waals surface area contributed by atoms with E-state index in [1.54, 1.807) is 5.01 Å². The average Bonchev–Trinajstić information content (AvgIpc) is 2.19. The molecule has 0 atom stereocenters. The molecule has 0 spiro atoms. The van der Waals surface area contributed by atoms with Crippen LogP contribution in [0.5, 0.6) is 0 Å². The Kier molecular flexibility index (Phi) is 4.27. The Hall–Kier alpha value is -1.08. The Morgan fingerprint density at radius 2 is 2.23 bits per heavy atom. The first-order chi connectivity index (χ1) is 6.34. The average molecular weight is 190 g/mol. The van der Waals surface area contributed by atoms with E-state index >= 15 is 0 Å². The third-order valence-electron chi connectivity index (χ3n) is 1.63. The summed E-state index contributed by atoms with van der Waals surface area (Å²) in [5.74, 6) is 0. The van der Waals surface area contributed by atoms with Crippen LogP contribution in [0.1, 0.15) is 0 Å². The number of nitrogens with zero attached hydrogens (tertiary/aromatic N) is 3. The first-order valence-electron chi connectivity index (χ1n) is 4.09. The molecule has 7 heteroatoms. The van der Waals surface area contributed by atoms with E-state index in [1.165, 1.54) is 7.11 Å². The van der Waals surface area contributed by atoms with Gasteiger partial charge in [-0.3, -0.25) is 0 Å². The maximum atomic E-state index is 11.1. The van der Waals surface area contributed by atoms with Crippen molar-refractivity contribution in [2.75, 3.05) is 40.1 Å². The summed E-state index contributed by atoms with van der Waals surface area (Å²) in [6.07, 6.45) is 0. The molecule has 0 amide bonds. The lowest BCUT2D eigenvalue weighted by Crippen LogP contribution is -2.46. The van der Waals surface area contributed by atoms with Crippen molar-refractivity contribution in [2.45, 2.75) is 0 Å². The van der Waals surface area contributed by atoms with Gasteiger partial charge in [-0.05, 0) is 0 Å². The molecule has 1 aliphatic rings. The summed E-state index contributed by atoms with van der Waals surface area (Å²) in [6.45, 7) is 2.86. The van der Waals surface area contributed by atoms with Gasteiger partial charge in [-0.15, -0.1) is 5.01 Å². The second-order valence-corrected chi connectivity index (χ2v) is 2.57. The zero-order valence-corrected chi connectivity index (χ0v) is 7.60. The fourth-order valence-electron chi connectivity index (χ4n) is 1.00. The molecular formula is C6H14N4O3. The first kappa shape index (κ1) is 10.0. The number of hydrogen-bond donors (Lipinski definition) is 1. The molecule has 1 saturated heterocycles. The first-order valence-corrected chi connectivity index (χ1v) is 4.09. The van der Waals surface area contributed by atoms with Crippen LogP contribution in [0.25, 0.3) is 0 Å². The summed E-state index contributed by atoms with van der Waals surface area (Å²) in [4.78, 5) is 5.01. The number of hydrogen-bond acceptors (Lipinski definition) is 5. The molecule has 1 heterocycles. The van der Waals surface area contributed by atoms with Crippen LogP contribution in [0.2, 0.25) is 0 Å². The molecule has 1 rings (SSSR count). The molecule has 13 heavy (non-hydrogen) atoms. The van der Waals surface area contributed by atoms with Gasteiger partial charge in [0.25, 0.3) is 0 Å². The van der Waals surface area contributed by atoms with Crippen molar-refractivity contribution in [1.82, 2.24) is 10.3 Å². The predicted molar refractivity (Wildman–Crippen MR) is 43.5 cm³/mol. The molecule has 0 aromatic carbocycles. The summed E-state index contributed by atoms with van der Waals surface area (Å²) in [5, 5.41) is 19.1. The molecule has 1 fully saturated rings. The lowest BCUT2D eigenvalue weighted by molar-refractivity contribution is -0.712. The number of rotatable bonds is 4. The summed E-state index contributed by atoms with van der Waals surface area (Å²) < 4.78 is 4.57. The van der Waals surface area contributed by atoms with E-state index in [9.17, 15) is 5.21 Å². The van der Waals surface area contributed by atoms with Gasteiger partial charge in [0.05, 0.1) is 18.1 Å². The number of methoxy groups -OCH3 is 1.